The molecule has 1 fully saturated rings. The Morgan fingerprint density at radius 3 is 2.75 bits per heavy atom. The van der Waals surface area contributed by atoms with Crippen LogP contribution >= 0.6 is 11.8 Å². The second kappa shape index (κ2) is 6.17. The van der Waals surface area contributed by atoms with Crippen molar-refractivity contribution in [3.8, 4) is 0 Å². The quantitative estimate of drug-likeness (QED) is 0.933. The van der Waals surface area contributed by atoms with Crippen molar-refractivity contribution in [1.82, 2.24) is 10.2 Å². The van der Waals surface area contributed by atoms with E-state index in [0.29, 0.717) is 12.1 Å². The Balaban J connectivity index is 1.93. The largest absolute Gasteiger partial charge is 0.312 e. The Morgan fingerprint density at radius 1 is 1.20 bits per heavy atom. The number of benzene rings is 2. The lowest BCUT2D eigenvalue weighted by molar-refractivity contribution is 0.221. The molecule has 3 rings (SSSR count). The molecule has 0 aliphatic carbocycles. The molecular formula is C17H22N2S. The fraction of sp³-hybridized carbons (Fsp3) is 0.412. The van der Waals surface area contributed by atoms with Gasteiger partial charge in [-0.15, -0.1) is 0 Å². The van der Waals surface area contributed by atoms with Crippen LogP contribution in [0.25, 0.3) is 10.8 Å². The number of hydrogen-bond donors (Lipinski definition) is 1. The summed E-state index contributed by atoms with van der Waals surface area (Å²) >= 11 is 2.07. The van der Waals surface area contributed by atoms with Gasteiger partial charge in [0.25, 0.3) is 0 Å². The summed E-state index contributed by atoms with van der Waals surface area (Å²) in [5.74, 6) is 2.45. The van der Waals surface area contributed by atoms with Crippen LogP contribution in [0, 0.1) is 0 Å². The summed E-state index contributed by atoms with van der Waals surface area (Å²) in [5, 5.41) is 6.18. The maximum atomic E-state index is 3.53. The van der Waals surface area contributed by atoms with Gasteiger partial charge >= 0.3 is 0 Å². The third-order valence-corrected chi connectivity index (χ3v) is 5.32. The zero-order chi connectivity index (χ0) is 13.9. The highest BCUT2D eigenvalue weighted by molar-refractivity contribution is 7.99. The molecule has 0 bridgehead atoms. The molecule has 1 N–H and O–H groups in total. The number of hydrogen-bond acceptors (Lipinski definition) is 3. The van der Waals surface area contributed by atoms with Crippen LogP contribution in [0.2, 0.25) is 0 Å². The van der Waals surface area contributed by atoms with Crippen molar-refractivity contribution in [3.05, 3.63) is 48.0 Å². The summed E-state index contributed by atoms with van der Waals surface area (Å²) in [6.07, 6.45) is 0. The average molecular weight is 286 g/mol. The molecule has 1 heterocycles. The minimum absolute atomic E-state index is 0.400. The van der Waals surface area contributed by atoms with Gasteiger partial charge in [0.2, 0.25) is 0 Å². The molecule has 2 unspecified atom stereocenters. The molecule has 3 heteroatoms. The molecular weight excluding hydrogens is 264 g/mol. The van der Waals surface area contributed by atoms with Gasteiger partial charge in [0.1, 0.15) is 0 Å². The normalized spacial score (nSPS) is 22.0. The Hall–Kier alpha value is -1.03. The number of nitrogens with one attached hydrogen (secondary N) is 1. The third-order valence-electron chi connectivity index (χ3n) is 4.27. The fourth-order valence-electron chi connectivity index (χ4n) is 3.04. The van der Waals surface area contributed by atoms with E-state index in [0.717, 1.165) is 0 Å². The SMILES string of the molecule is CNC(c1ccc2ccccc2c1)C1CSCCN1C. The molecule has 2 nitrogen and oxygen atoms in total. The van der Waals surface area contributed by atoms with Gasteiger partial charge in [-0.3, -0.25) is 4.90 Å². The molecule has 106 valence electrons. The molecule has 1 aliphatic heterocycles. The van der Waals surface area contributed by atoms with Gasteiger partial charge in [-0.1, -0.05) is 36.4 Å². The van der Waals surface area contributed by atoms with Gasteiger partial charge in [0.15, 0.2) is 0 Å². The van der Waals surface area contributed by atoms with Crippen LogP contribution in [0.5, 0.6) is 0 Å². The Labute approximate surface area is 125 Å². The molecule has 0 aromatic heterocycles. The number of likely N-dealkylation sites (N-methyl/N-ethyl adjacent to an activating group) is 2. The lowest BCUT2D eigenvalue weighted by atomic mass is 9.96. The van der Waals surface area contributed by atoms with Gasteiger partial charge in [0.05, 0.1) is 0 Å². The summed E-state index contributed by atoms with van der Waals surface area (Å²) in [5.41, 5.74) is 1.39. The molecule has 0 saturated carbocycles. The molecule has 20 heavy (non-hydrogen) atoms. The Bertz CT molecular complexity index is 584. The topological polar surface area (TPSA) is 15.3 Å². The second-order valence-corrected chi connectivity index (χ2v) is 6.65. The number of thioether (sulfide) groups is 1. The Morgan fingerprint density at radius 2 is 2.00 bits per heavy atom. The first kappa shape index (κ1) is 13.9. The number of fused-ring (bicyclic) bond motifs is 1. The summed E-state index contributed by atoms with van der Waals surface area (Å²) in [4.78, 5) is 2.49. The number of rotatable bonds is 3. The molecule has 1 aliphatic rings. The van der Waals surface area contributed by atoms with E-state index in [1.807, 2.05) is 0 Å². The first-order chi connectivity index (χ1) is 9.79. The highest BCUT2D eigenvalue weighted by Crippen LogP contribution is 2.28. The van der Waals surface area contributed by atoms with Crippen molar-refractivity contribution in [2.45, 2.75) is 12.1 Å². The van der Waals surface area contributed by atoms with Crippen LogP contribution in [0.15, 0.2) is 42.5 Å². The van der Waals surface area contributed by atoms with Gasteiger partial charge in [-0.2, -0.15) is 11.8 Å². The van der Waals surface area contributed by atoms with Gasteiger partial charge in [-0.25, -0.2) is 0 Å². The van der Waals surface area contributed by atoms with Gasteiger partial charge < -0.3 is 5.32 Å². The average Bonchev–Trinajstić information content (AvgIpc) is 2.50. The van der Waals surface area contributed by atoms with Gasteiger partial charge in [-0.05, 0) is 36.5 Å². The molecule has 0 spiro atoms. The summed E-state index contributed by atoms with van der Waals surface area (Å²) in [6.45, 7) is 1.18. The maximum absolute atomic E-state index is 3.53. The predicted molar refractivity (Wildman–Crippen MR) is 89.5 cm³/mol. The zero-order valence-corrected chi connectivity index (χ0v) is 13.0. The van der Waals surface area contributed by atoms with Crippen LogP contribution in [0.3, 0.4) is 0 Å². The van der Waals surface area contributed by atoms with Crippen molar-refractivity contribution < 1.29 is 0 Å². The van der Waals surface area contributed by atoms with Crippen molar-refractivity contribution in [3.63, 3.8) is 0 Å². The monoisotopic (exact) mass is 286 g/mol. The molecule has 2 atom stereocenters. The van der Waals surface area contributed by atoms with Crippen LogP contribution in [0.1, 0.15) is 11.6 Å². The van der Waals surface area contributed by atoms with E-state index in [2.05, 4.69) is 78.5 Å². The standard InChI is InChI=1S/C17H22N2S/c1-18-17(16-12-20-10-9-19(16)2)15-8-7-13-5-3-4-6-14(13)11-15/h3-8,11,16-18H,9-10,12H2,1-2H3. The molecule has 2 aromatic carbocycles. The van der Waals surface area contributed by atoms with Crippen LogP contribution in [0.4, 0.5) is 0 Å². The van der Waals surface area contributed by atoms with E-state index in [1.54, 1.807) is 0 Å². The second-order valence-electron chi connectivity index (χ2n) is 5.50. The van der Waals surface area contributed by atoms with Crippen molar-refractivity contribution >= 4 is 22.5 Å². The molecule has 0 radical (unpaired) electrons. The third kappa shape index (κ3) is 2.71. The van der Waals surface area contributed by atoms with E-state index in [4.69, 9.17) is 0 Å². The van der Waals surface area contributed by atoms with E-state index >= 15 is 0 Å². The lowest BCUT2D eigenvalue weighted by Crippen LogP contribution is -2.47. The van der Waals surface area contributed by atoms with Crippen LogP contribution in [-0.4, -0.2) is 43.1 Å². The lowest BCUT2D eigenvalue weighted by Gasteiger charge is -2.38. The van der Waals surface area contributed by atoms with E-state index < -0.39 is 0 Å². The summed E-state index contributed by atoms with van der Waals surface area (Å²) in [7, 11) is 4.32. The maximum Gasteiger partial charge on any atom is 0.0483 e. The first-order valence-corrected chi connectivity index (χ1v) is 8.39. The van der Waals surface area contributed by atoms with Crippen LogP contribution < -0.4 is 5.32 Å². The molecule has 0 amide bonds. The minimum atomic E-state index is 0.400. The number of nitrogens with zero attached hydrogens (tertiary/aromatic N) is 1. The fourth-order valence-corrected chi connectivity index (χ4v) is 4.31. The van der Waals surface area contributed by atoms with Crippen LogP contribution in [-0.2, 0) is 0 Å². The summed E-state index contributed by atoms with van der Waals surface area (Å²) in [6, 6.07) is 16.4. The highest BCUT2D eigenvalue weighted by Gasteiger charge is 2.28. The van der Waals surface area contributed by atoms with E-state index in [9.17, 15) is 0 Å². The van der Waals surface area contributed by atoms with E-state index in [-0.39, 0.29) is 0 Å². The van der Waals surface area contributed by atoms with E-state index in [1.165, 1.54) is 34.4 Å². The Kier molecular flexibility index (Phi) is 4.29. The van der Waals surface area contributed by atoms with Crippen molar-refractivity contribution in [1.29, 1.82) is 0 Å². The first-order valence-electron chi connectivity index (χ1n) is 7.23. The molecule has 1 saturated heterocycles. The zero-order valence-electron chi connectivity index (χ0n) is 12.2. The van der Waals surface area contributed by atoms with Gasteiger partial charge in [0, 0.05) is 30.1 Å². The predicted octanol–water partition coefficient (Wildman–Crippen LogP) is 3.15. The minimum Gasteiger partial charge on any atom is -0.312 e. The summed E-state index contributed by atoms with van der Waals surface area (Å²) < 4.78 is 0. The van der Waals surface area contributed by atoms with Crippen molar-refractivity contribution in [2.75, 3.05) is 32.1 Å². The smallest absolute Gasteiger partial charge is 0.0483 e. The van der Waals surface area contributed by atoms with Crippen molar-refractivity contribution in [2.24, 2.45) is 0 Å². The molecule has 2 aromatic rings. The highest BCUT2D eigenvalue weighted by atomic mass is 32.2.